The lowest BCUT2D eigenvalue weighted by Gasteiger charge is -2.17. The minimum atomic E-state index is -0.0245. The van der Waals surface area contributed by atoms with Crippen molar-refractivity contribution in [2.75, 3.05) is 19.7 Å². The van der Waals surface area contributed by atoms with Crippen molar-refractivity contribution in [3.8, 4) is 5.88 Å². The fourth-order valence-electron chi connectivity index (χ4n) is 2.84. The third-order valence-electron chi connectivity index (χ3n) is 4.37. The summed E-state index contributed by atoms with van der Waals surface area (Å²) in [5.41, 5.74) is 1.41. The summed E-state index contributed by atoms with van der Waals surface area (Å²) in [4.78, 5) is 18.4. The minimum absolute atomic E-state index is 0.0163. The summed E-state index contributed by atoms with van der Waals surface area (Å²) < 4.78 is 7.55. The van der Waals surface area contributed by atoms with Crippen molar-refractivity contribution in [1.82, 2.24) is 24.6 Å². The van der Waals surface area contributed by atoms with Gasteiger partial charge >= 0.3 is 0 Å². The van der Waals surface area contributed by atoms with Gasteiger partial charge in [-0.1, -0.05) is 20.8 Å². The SMILES string of the molecule is Cn1cnc(C(=O)N2CCC(COc3ccc(C(C)(C)C)nn3)C2)c1. The van der Waals surface area contributed by atoms with Crippen LogP contribution in [0.2, 0.25) is 0 Å². The van der Waals surface area contributed by atoms with Gasteiger partial charge in [-0.25, -0.2) is 4.98 Å². The maximum atomic E-state index is 12.4. The number of hydrogen-bond acceptors (Lipinski definition) is 5. The molecule has 1 fully saturated rings. The molecule has 3 rings (SSSR count). The van der Waals surface area contributed by atoms with Gasteiger partial charge in [-0.15, -0.1) is 5.10 Å². The van der Waals surface area contributed by atoms with E-state index in [0.717, 1.165) is 18.7 Å². The minimum Gasteiger partial charge on any atom is -0.476 e. The third-order valence-corrected chi connectivity index (χ3v) is 4.37. The van der Waals surface area contributed by atoms with Crippen LogP contribution in [0, 0.1) is 5.92 Å². The van der Waals surface area contributed by atoms with E-state index >= 15 is 0 Å². The van der Waals surface area contributed by atoms with Crippen LogP contribution >= 0.6 is 0 Å². The zero-order chi connectivity index (χ0) is 18.0. The van der Waals surface area contributed by atoms with Crippen molar-refractivity contribution in [1.29, 1.82) is 0 Å². The number of rotatable bonds is 4. The monoisotopic (exact) mass is 343 g/mol. The van der Waals surface area contributed by atoms with Crippen LogP contribution in [0.5, 0.6) is 5.88 Å². The zero-order valence-corrected chi connectivity index (χ0v) is 15.3. The van der Waals surface area contributed by atoms with Crippen molar-refractivity contribution in [3.05, 3.63) is 36.0 Å². The number of imidazole rings is 1. The quantitative estimate of drug-likeness (QED) is 0.849. The van der Waals surface area contributed by atoms with Gasteiger partial charge < -0.3 is 14.2 Å². The van der Waals surface area contributed by atoms with Crippen LogP contribution in [0.4, 0.5) is 0 Å². The number of aromatic nitrogens is 4. The van der Waals surface area contributed by atoms with Gasteiger partial charge in [0.15, 0.2) is 0 Å². The van der Waals surface area contributed by atoms with E-state index in [1.165, 1.54) is 0 Å². The van der Waals surface area contributed by atoms with Gasteiger partial charge in [-0.05, 0) is 12.5 Å². The van der Waals surface area contributed by atoms with E-state index in [-0.39, 0.29) is 11.3 Å². The Bertz CT molecular complexity index is 733. The first-order valence-electron chi connectivity index (χ1n) is 8.57. The van der Waals surface area contributed by atoms with Crippen molar-refractivity contribution in [2.45, 2.75) is 32.6 Å². The molecule has 7 nitrogen and oxygen atoms in total. The van der Waals surface area contributed by atoms with Crippen LogP contribution in [-0.2, 0) is 12.5 Å². The molecule has 0 bridgehead atoms. The van der Waals surface area contributed by atoms with Crippen molar-refractivity contribution in [3.63, 3.8) is 0 Å². The molecule has 3 heterocycles. The summed E-state index contributed by atoms with van der Waals surface area (Å²) in [5, 5.41) is 8.38. The van der Waals surface area contributed by atoms with Gasteiger partial charge in [0.05, 0.1) is 18.6 Å². The lowest BCUT2D eigenvalue weighted by Crippen LogP contribution is -2.29. The Hall–Kier alpha value is -2.44. The highest BCUT2D eigenvalue weighted by Crippen LogP contribution is 2.22. The van der Waals surface area contributed by atoms with E-state index in [2.05, 4.69) is 36.0 Å². The second-order valence-corrected chi connectivity index (χ2v) is 7.65. The van der Waals surface area contributed by atoms with Gasteiger partial charge in [0.25, 0.3) is 5.91 Å². The molecule has 0 saturated carbocycles. The molecule has 7 heteroatoms. The highest BCUT2D eigenvalue weighted by atomic mass is 16.5. The first kappa shape index (κ1) is 17.4. The first-order chi connectivity index (χ1) is 11.8. The molecule has 0 aromatic carbocycles. The van der Waals surface area contributed by atoms with Gasteiger partial charge in [-0.2, -0.15) is 5.10 Å². The predicted octanol–water partition coefficient (Wildman–Crippen LogP) is 2.05. The highest BCUT2D eigenvalue weighted by molar-refractivity contribution is 5.92. The molecule has 25 heavy (non-hydrogen) atoms. The largest absolute Gasteiger partial charge is 0.476 e. The number of ether oxygens (including phenoxy) is 1. The fraction of sp³-hybridized carbons (Fsp3) is 0.556. The summed E-state index contributed by atoms with van der Waals surface area (Å²) in [7, 11) is 1.86. The molecule has 1 aliphatic heterocycles. The fourth-order valence-corrected chi connectivity index (χ4v) is 2.84. The van der Waals surface area contributed by atoms with E-state index in [9.17, 15) is 4.79 Å². The molecule has 134 valence electrons. The Morgan fingerprint density at radius 2 is 2.12 bits per heavy atom. The number of hydrogen-bond donors (Lipinski definition) is 0. The summed E-state index contributed by atoms with van der Waals surface area (Å²) in [6.07, 6.45) is 4.31. The lowest BCUT2D eigenvalue weighted by molar-refractivity contribution is 0.0777. The van der Waals surface area contributed by atoms with Crippen LogP contribution in [0.25, 0.3) is 0 Å². The molecular formula is C18H25N5O2. The summed E-state index contributed by atoms with van der Waals surface area (Å²) >= 11 is 0. The summed E-state index contributed by atoms with van der Waals surface area (Å²) in [5.74, 6) is 0.816. The normalized spacial score (nSPS) is 17.8. The van der Waals surface area contributed by atoms with E-state index in [4.69, 9.17) is 4.74 Å². The van der Waals surface area contributed by atoms with Gasteiger partial charge in [0, 0.05) is 43.7 Å². The second kappa shape index (κ2) is 6.82. The molecule has 2 aromatic heterocycles. The van der Waals surface area contributed by atoms with E-state index < -0.39 is 0 Å². The summed E-state index contributed by atoms with van der Waals surface area (Å²) in [6.45, 7) is 8.26. The smallest absolute Gasteiger partial charge is 0.274 e. The van der Waals surface area contributed by atoms with Crippen LogP contribution in [0.1, 0.15) is 43.4 Å². The molecule has 1 aliphatic rings. The number of carbonyl (C=O) groups excluding carboxylic acids is 1. The third kappa shape index (κ3) is 4.15. The number of carbonyl (C=O) groups is 1. The Morgan fingerprint density at radius 3 is 2.72 bits per heavy atom. The molecule has 1 unspecified atom stereocenters. The van der Waals surface area contributed by atoms with Crippen LogP contribution in [0.15, 0.2) is 24.7 Å². The van der Waals surface area contributed by atoms with Gasteiger partial charge in [0.1, 0.15) is 5.69 Å². The van der Waals surface area contributed by atoms with Crippen LogP contribution in [-0.4, -0.2) is 50.3 Å². The Labute approximate surface area is 148 Å². The first-order valence-corrected chi connectivity index (χ1v) is 8.57. The van der Waals surface area contributed by atoms with E-state index in [0.29, 0.717) is 30.6 Å². The number of likely N-dealkylation sites (tertiary alicyclic amines) is 1. The average Bonchev–Trinajstić information content (AvgIpc) is 3.21. The average molecular weight is 343 g/mol. The molecule has 1 amide bonds. The summed E-state index contributed by atoms with van der Waals surface area (Å²) in [6, 6.07) is 3.81. The predicted molar refractivity (Wildman–Crippen MR) is 93.4 cm³/mol. The number of amides is 1. The Kier molecular flexibility index (Phi) is 4.74. The Balaban J connectivity index is 1.51. The highest BCUT2D eigenvalue weighted by Gasteiger charge is 2.28. The van der Waals surface area contributed by atoms with Crippen LogP contribution in [0.3, 0.4) is 0 Å². The lowest BCUT2D eigenvalue weighted by atomic mass is 9.92. The van der Waals surface area contributed by atoms with Gasteiger partial charge in [0.2, 0.25) is 5.88 Å². The van der Waals surface area contributed by atoms with E-state index in [1.807, 2.05) is 24.1 Å². The van der Waals surface area contributed by atoms with Crippen LogP contribution < -0.4 is 4.74 Å². The molecule has 0 N–H and O–H groups in total. The molecule has 1 atom stereocenters. The molecular weight excluding hydrogens is 318 g/mol. The van der Waals surface area contributed by atoms with Gasteiger partial charge in [-0.3, -0.25) is 4.79 Å². The molecule has 1 saturated heterocycles. The Morgan fingerprint density at radius 1 is 1.32 bits per heavy atom. The standard InChI is InChI=1S/C18H25N5O2/c1-18(2,3)15-5-6-16(21-20-15)25-11-13-7-8-23(9-13)17(24)14-10-22(4)12-19-14/h5-6,10,12-13H,7-9,11H2,1-4H3. The van der Waals surface area contributed by atoms with Crippen molar-refractivity contribution in [2.24, 2.45) is 13.0 Å². The molecule has 0 radical (unpaired) electrons. The topological polar surface area (TPSA) is 73.1 Å². The maximum Gasteiger partial charge on any atom is 0.274 e. The molecule has 2 aromatic rings. The van der Waals surface area contributed by atoms with Crippen molar-refractivity contribution >= 4 is 5.91 Å². The number of nitrogens with zero attached hydrogens (tertiary/aromatic N) is 5. The van der Waals surface area contributed by atoms with E-state index in [1.54, 1.807) is 17.1 Å². The maximum absolute atomic E-state index is 12.4. The molecule has 0 spiro atoms. The second-order valence-electron chi connectivity index (χ2n) is 7.65. The van der Waals surface area contributed by atoms with Crippen molar-refractivity contribution < 1.29 is 9.53 Å². The molecule has 0 aliphatic carbocycles. The number of aryl methyl sites for hydroxylation is 1. The zero-order valence-electron chi connectivity index (χ0n) is 15.3.